The average molecular weight is 482 g/mol. The summed E-state index contributed by atoms with van der Waals surface area (Å²) in [5, 5.41) is 9.09. The van der Waals surface area contributed by atoms with Crippen LogP contribution in [-0.2, 0) is 15.8 Å². The van der Waals surface area contributed by atoms with Crippen LogP contribution in [0.5, 0.6) is 0 Å². The minimum Gasteiger partial charge on any atom is -0.396 e. The summed E-state index contributed by atoms with van der Waals surface area (Å²) < 4.78 is 54.7. The van der Waals surface area contributed by atoms with E-state index in [9.17, 15) is 27.2 Å². The molecule has 0 aliphatic carbocycles. The van der Waals surface area contributed by atoms with Crippen LogP contribution in [0.15, 0.2) is 30.3 Å². The van der Waals surface area contributed by atoms with Crippen LogP contribution in [0.1, 0.15) is 30.5 Å². The van der Waals surface area contributed by atoms with Crippen molar-refractivity contribution in [3.8, 4) is 0 Å². The maximum absolute atomic E-state index is 14.7. The SMILES string of the molecule is Cc1cc(C(F)(F)F)cc(N2C(=O)CC[C@H]2C(=O)N(C)c2cccc(F)c2N(C)CCCO)n1. The van der Waals surface area contributed by atoms with Gasteiger partial charge in [-0.05, 0) is 44.0 Å². The number of carbonyl (C=O) groups excluding carboxylic acids is 2. The molecule has 1 N–H and O–H groups in total. The molecule has 2 heterocycles. The number of hydrogen-bond donors (Lipinski definition) is 1. The van der Waals surface area contributed by atoms with Gasteiger partial charge in [-0.2, -0.15) is 13.2 Å². The van der Waals surface area contributed by atoms with Gasteiger partial charge in [0.2, 0.25) is 11.8 Å². The summed E-state index contributed by atoms with van der Waals surface area (Å²) in [5.41, 5.74) is -0.539. The lowest BCUT2D eigenvalue weighted by molar-refractivity contribution is -0.137. The Bertz CT molecular complexity index is 1080. The van der Waals surface area contributed by atoms with Crippen LogP contribution in [-0.4, -0.2) is 55.2 Å². The van der Waals surface area contributed by atoms with Crippen molar-refractivity contribution in [2.45, 2.75) is 38.4 Å². The summed E-state index contributed by atoms with van der Waals surface area (Å²) in [5.74, 6) is -1.92. The molecule has 1 aromatic carbocycles. The van der Waals surface area contributed by atoms with Crippen molar-refractivity contribution in [1.29, 1.82) is 0 Å². The number of likely N-dealkylation sites (N-methyl/N-ethyl adjacent to an activating group) is 1. The van der Waals surface area contributed by atoms with Gasteiger partial charge >= 0.3 is 6.18 Å². The van der Waals surface area contributed by atoms with Crippen LogP contribution in [0.25, 0.3) is 0 Å². The van der Waals surface area contributed by atoms with Gasteiger partial charge in [-0.15, -0.1) is 0 Å². The predicted octanol–water partition coefficient (Wildman–Crippen LogP) is 3.52. The van der Waals surface area contributed by atoms with Crippen molar-refractivity contribution in [3.05, 3.63) is 47.4 Å². The second-order valence-corrected chi connectivity index (χ2v) is 8.17. The van der Waals surface area contributed by atoms with E-state index >= 15 is 0 Å². The van der Waals surface area contributed by atoms with Gasteiger partial charge in [0.25, 0.3) is 0 Å². The van der Waals surface area contributed by atoms with Crippen LogP contribution in [0.4, 0.5) is 34.8 Å². The van der Waals surface area contributed by atoms with Gasteiger partial charge in [0.1, 0.15) is 17.7 Å². The average Bonchev–Trinajstić information content (AvgIpc) is 3.16. The standard InChI is InChI=1S/C23H26F4N4O3/c1-14-12-15(23(25,26)27)13-19(28-14)31-18(8-9-20(31)33)22(34)30(3)17-7-4-6-16(24)21(17)29(2)10-5-11-32/h4,6-7,12-13,18,32H,5,8-11H2,1-3H3/t18-/m0/s1. The van der Waals surface area contributed by atoms with Crippen LogP contribution >= 0.6 is 0 Å². The molecule has 3 rings (SSSR count). The van der Waals surface area contributed by atoms with Gasteiger partial charge in [0, 0.05) is 39.4 Å². The van der Waals surface area contributed by atoms with E-state index in [4.69, 9.17) is 5.11 Å². The summed E-state index contributed by atoms with van der Waals surface area (Å²) >= 11 is 0. The van der Waals surface area contributed by atoms with Gasteiger partial charge in [-0.3, -0.25) is 14.5 Å². The third-order valence-corrected chi connectivity index (χ3v) is 5.70. The Morgan fingerprint density at radius 1 is 1.26 bits per heavy atom. The number of aliphatic hydroxyl groups excluding tert-OH is 1. The first-order valence-corrected chi connectivity index (χ1v) is 10.7. The first-order valence-electron chi connectivity index (χ1n) is 10.7. The number of pyridine rings is 1. The van der Waals surface area contributed by atoms with Crippen molar-refractivity contribution in [2.24, 2.45) is 0 Å². The summed E-state index contributed by atoms with van der Waals surface area (Å²) in [6.07, 6.45) is -4.21. The third-order valence-electron chi connectivity index (χ3n) is 5.70. The first-order chi connectivity index (χ1) is 16.0. The number of nitrogens with zero attached hydrogens (tertiary/aromatic N) is 4. The molecule has 1 atom stereocenters. The van der Waals surface area contributed by atoms with E-state index in [0.29, 0.717) is 13.0 Å². The lowest BCUT2D eigenvalue weighted by atomic mass is 10.1. The molecular formula is C23H26F4N4O3. The highest BCUT2D eigenvalue weighted by Crippen LogP contribution is 2.36. The zero-order chi connectivity index (χ0) is 25.2. The number of benzene rings is 1. The smallest absolute Gasteiger partial charge is 0.396 e. The highest BCUT2D eigenvalue weighted by atomic mass is 19.4. The van der Waals surface area contributed by atoms with Gasteiger partial charge in [-0.25, -0.2) is 9.37 Å². The molecule has 0 spiro atoms. The summed E-state index contributed by atoms with van der Waals surface area (Å²) in [4.78, 5) is 33.9. The van der Waals surface area contributed by atoms with Crippen LogP contribution in [0.3, 0.4) is 0 Å². The maximum Gasteiger partial charge on any atom is 0.416 e. The maximum atomic E-state index is 14.7. The van der Waals surface area contributed by atoms with Gasteiger partial charge < -0.3 is 14.9 Å². The first kappa shape index (κ1) is 25.4. The highest BCUT2D eigenvalue weighted by molar-refractivity contribution is 6.09. The van der Waals surface area contributed by atoms with Gasteiger partial charge in [0.15, 0.2) is 0 Å². The summed E-state index contributed by atoms with van der Waals surface area (Å²) in [7, 11) is 3.04. The number of carbonyl (C=O) groups is 2. The lowest BCUT2D eigenvalue weighted by Gasteiger charge is -2.31. The fourth-order valence-electron chi connectivity index (χ4n) is 4.06. The minimum absolute atomic E-state index is 0.0341. The number of alkyl halides is 3. The minimum atomic E-state index is -4.64. The van der Waals surface area contributed by atoms with Crippen LogP contribution < -0.4 is 14.7 Å². The van der Waals surface area contributed by atoms with Crippen LogP contribution in [0.2, 0.25) is 0 Å². The molecule has 1 aromatic heterocycles. The molecule has 1 fully saturated rings. The molecule has 0 unspecified atom stereocenters. The molecule has 0 bridgehead atoms. The van der Waals surface area contributed by atoms with Crippen molar-refractivity contribution in [2.75, 3.05) is 41.9 Å². The Morgan fingerprint density at radius 2 is 1.97 bits per heavy atom. The number of aromatic nitrogens is 1. The molecule has 11 heteroatoms. The number of aliphatic hydroxyl groups is 1. The Labute approximate surface area is 194 Å². The number of anilines is 3. The fraction of sp³-hybridized carbons (Fsp3) is 0.435. The van der Waals surface area contributed by atoms with E-state index in [-0.39, 0.29) is 42.3 Å². The number of para-hydroxylation sites is 1. The molecule has 2 amide bonds. The zero-order valence-corrected chi connectivity index (χ0v) is 19.1. The van der Waals surface area contributed by atoms with Crippen molar-refractivity contribution < 1.29 is 32.3 Å². The topological polar surface area (TPSA) is 77.0 Å². The molecule has 0 radical (unpaired) electrons. The normalized spacial score (nSPS) is 16.2. The van der Waals surface area contributed by atoms with Gasteiger partial charge in [0.05, 0.1) is 16.9 Å². The van der Waals surface area contributed by atoms with E-state index in [1.807, 2.05) is 0 Å². The summed E-state index contributed by atoms with van der Waals surface area (Å²) in [6, 6.07) is 4.76. The Kier molecular flexibility index (Phi) is 7.44. The zero-order valence-electron chi connectivity index (χ0n) is 19.1. The highest BCUT2D eigenvalue weighted by Gasteiger charge is 2.41. The van der Waals surface area contributed by atoms with E-state index in [1.165, 1.54) is 31.0 Å². The third kappa shape index (κ3) is 5.14. The quantitative estimate of drug-likeness (QED) is 0.612. The molecule has 34 heavy (non-hydrogen) atoms. The molecule has 1 saturated heterocycles. The fourth-order valence-corrected chi connectivity index (χ4v) is 4.06. The number of rotatable bonds is 7. The molecule has 1 aliphatic rings. The monoisotopic (exact) mass is 482 g/mol. The molecule has 184 valence electrons. The van der Waals surface area contributed by atoms with E-state index in [0.717, 1.165) is 17.0 Å². The Balaban J connectivity index is 1.97. The Hall–Kier alpha value is -3.21. The second-order valence-electron chi connectivity index (χ2n) is 8.17. The van der Waals surface area contributed by atoms with Gasteiger partial charge in [-0.1, -0.05) is 6.07 Å². The second kappa shape index (κ2) is 9.96. The van der Waals surface area contributed by atoms with E-state index < -0.39 is 35.4 Å². The largest absolute Gasteiger partial charge is 0.416 e. The van der Waals surface area contributed by atoms with Crippen molar-refractivity contribution in [1.82, 2.24) is 4.98 Å². The van der Waals surface area contributed by atoms with Crippen molar-refractivity contribution >= 4 is 29.0 Å². The molecule has 2 aromatic rings. The lowest BCUT2D eigenvalue weighted by Crippen LogP contribution is -2.46. The molecule has 0 saturated carbocycles. The van der Waals surface area contributed by atoms with E-state index in [1.54, 1.807) is 18.0 Å². The Morgan fingerprint density at radius 3 is 2.62 bits per heavy atom. The number of amides is 2. The van der Waals surface area contributed by atoms with Crippen LogP contribution in [0, 0.1) is 12.7 Å². The van der Waals surface area contributed by atoms with Crippen molar-refractivity contribution in [3.63, 3.8) is 0 Å². The number of halogens is 4. The van der Waals surface area contributed by atoms with E-state index in [2.05, 4.69) is 4.98 Å². The molecular weight excluding hydrogens is 456 g/mol. The molecule has 1 aliphatic heterocycles. The summed E-state index contributed by atoms with van der Waals surface area (Å²) in [6.45, 7) is 1.61. The number of hydrogen-bond acceptors (Lipinski definition) is 5. The number of aryl methyl sites for hydroxylation is 1. The molecule has 7 nitrogen and oxygen atoms in total. The predicted molar refractivity (Wildman–Crippen MR) is 119 cm³/mol.